The Morgan fingerprint density at radius 2 is 2.05 bits per heavy atom. The van der Waals surface area contributed by atoms with E-state index in [2.05, 4.69) is 28.7 Å². The van der Waals surface area contributed by atoms with Gasteiger partial charge in [-0.2, -0.15) is 5.10 Å². The summed E-state index contributed by atoms with van der Waals surface area (Å²) in [6.07, 6.45) is 5.28. The zero-order valence-electron chi connectivity index (χ0n) is 12.8. The van der Waals surface area contributed by atoms with Crippen molar-refractivity contribution in [3.63, 3.8) is 0 Å². The summed E-state index contributed by atoms with van der Waals surface area (Å²) in [6.45, 7) is 1.94. The molecule has 0 aliphatic heterocycles. The third-order valence-corrected chi connectivity index (χ3v) is 4.91. The van der Waals surface area contributed by atoms with Crippen LogP contribution in [0.2, 0.25) is 0 Å². The normalized spacial score (nSPS) is 14.5. The number of hydrogen-bond acceptors (Lipinski definition) is 3. The van der Waals surface area contributed by atoms with E-state index in [-0.39, 0.29) is 5.91 Å². The second kappa shape index (κ2) is 6.88. The third-order valence-electron chi connectivity index (χ3n) is 4.03. The highest BCUT2D eigenvalue weighted by atomic mass is 32.1. The molecule has 1 N–H and O–H groups in total. The minimum absolute atomic E-state index is 0.0697. The number of hydrogen-bond donors (Lipinski definition) is 1. The zero-order chi connectivity index (χ0) is 15.4. The Bertz CT molecular complexity index is 689. The predicted octanol–water partition coefficient (Wildman–Crippen LogP) is 3.71. The van der Waals surface area contributed by atoms with Gasteiger partial charge in [0.15, 0.2) is 0 Å². The van der Waals surface area contributed by atoms with Gasteiger partial charge in [-0.1, -0.05) is 18.2 Å². The molecule has 0 spiro atoms. The lowest BCUT2D eigenvalue weighted by atomic mass is 9.90. The van der Waals surface area contributed by atoms with Crippen molar-refractivity contribution >= 4 is 23.0 Å². The van der Waals surface area contributed by atoms with Gasteiger partial charge in [-0.05, 0) is 66.8 Å². The molecular weight excluding hydrogens is 292 g/mol. The maximum Gasteiger partial charge on any atom is 0.245 e. The van der Waals surface area contributed by atoms with Gasteiger partial charge >= 0.3 is 0 Å². The Balaban J connectivity index is 1.65. The number of nitrogens with zero attached hydrogens (tertiary/aromatic N) is 1. The molecule has 2 aromatic rings. The summed E-state index contributed by atoms with van der Waals surface area (Å²) >= 11 is 1.59. The predicted molar refractivity (Wildman–Crippen MR) is 91.5 cm³/mol. The molecule has 4 heteroatoms. The van der Waals surface area contributed by atoms with Crippen LogP contribution in [0, 0.1) is 0 Å². The Kier molecular flexibility index (Phi) is 4.68. The lowest BCUT2D eigenvalue weighted by molar-refractivity contribution is -0.120. The molecule has 1 aliphatic carbocycles. The van der Waals surface area contributed by atoms with Crippen molar-refractivity contribution in [1.82, 2.24) is 5.43 Å². The second-order valence-electron chi connectivity index (χ2n) is 5.68. The van der Waals surface area contributed by atoms with E-state index in [1.165, 1.54) is 30.4 Å². The van der Waals surface area contributed by atoms with Gasteiger partial charge in [0.2, 0.25) is 5.91 Å². The second-order valence-corrected chi connectivity index (χ2v) is 6.71. The quantitative estimate of drug-likeness (QED) is 0.678. The fraction of sp³-hybridized carbons (Fsp3) is 0.333. The number of rotatable bonds is 4. The van der Waals surface area contributed by atoms with Crippen LogP contribution >= 0.6 is 11.3 Å². The SMILES string of the molecule is CC(=NNC(=O)Cc1cccs1)c1ccc2c(c1)CCCC2. The van der Waals surface area contributed by atoms with Gasteiger partial charge in [0.05, 0.1) is 12.1 Å². The first-order chi connectivity index (χ1) is 10.7. The standard InChI is InChI=1S/C18H20N2OS/c1-13(19-20-18(21)12-17-7-4-10-22-17)15-9-8-14-5-2-3-6-16(14)11-15/h4,7-11H,2-3,5-6,12H2,1H3,(H,20,21). The summed E-state index contributed by atoms with van der Waals surface area (Å²) in [6, 6.07) is 10.4. The molecule has 0 radical (unpaired) electrons. The number of hydrazone groups is 1. The van der Waals surface area contributed by atoms with Crippen molar-refractivity contribution in [1.29, 1.82) is 0 Å². The molecular formula is C18H20N2OS. The van der Waals surface area contributed by atoms with Gasteiger partial charge in [0.1, 0.15) is 0 Å². The van der Waals surface area contributed by atoms with Gasteiger partial charge in [-0.25, -0.2) is 5.43 Å². The lowest BCUT2D eigenvalue weighted by Gasteiger charge is -2.16. The van der Waals surface area contributed by atoms with E-state index in [0.717, 1.165) is 22.6 Å². The van der Waals surface area contributed by atoms with Crippen molar-refractivity contribution < 1.29 is 4.79 Å². The Morgan fingerprint density at radius 1 is 1.23 bits per heavy atom. The van der Waals surface area contributed by atoms with Crippen LogP contribution in [-0.2, 0) is 24.1 Å². The molecule has 0 bridgehead atoms. The molecule has 0 unspecified atom stereocenters. The van der Waals surface area contributed by atoms with E-state index >= 15 is 0 Å². The Labute approximate surface area is 135 Å². The van der Waals surface area contributed by atoms with Crippen LogP contribution in [0.15, 0.2) is 40.8 Å². The van der Waals surface area contributed by atoms with Crippen LogP contribution in [0.5, 0.6) is 0 Å². The van der Waals surface area contributed by atoms with Crippen molar-refractivity contribution in [3.05, 3.63) is 57.3 Å². The fourth-order valence-electron chi connectivity index (χ4n) is 2.78. The van der Waals surface area contributed by atoms with Crippen molar-refractivity contribution in [2.24, 2.45) is 5.10 Å². The van der Waals surface area contributed by atoms with Gasteiger partial charge in [0, 0.05) is 4.88 Å². The molecule has 1 aliphatic rings. The summed E-state index contributed by atoms with van der Waals surface area (Å²) in [4.78, 5) is 12.9. The summed E-state index contributed by atoms with van der Waals surface area (Å²) < 4.78 is 0. The molecule has 1 aromatic heterocycles. The average molecular weight is 312 g/mol. The summed E-state index contributed by atoms with van der Waals surface area (Å²) in [5.41, 5.74) is 7.50. The van der Waals surface area contributed by atoms with Crippen molar-refractivity contribution in [2.45, 2.75) is 39.0 Å². The molecule has 0 saturated heterocycles. The molecule has 0 saturated carbocycles. The molecule has 22 heavy (non-hydrogen) atoms. The molecule has 0 atom stereocenters. The minimum Gasteiger partial charge on any atom is -0.273 e. The number of thiophene rings is 1. The largest absolute Gasteiger partial charge is 0.273 e. The molecule has 1 heterocycles. The number of carbonyl (C=O) groups is 1. The maximum atomic E-state index is 11.9. The highest BCUT2D eigenvalue weighted by Crippen LogP contribution is 2.22. The third kappa shape index (κ3) is 3.63. The molecule has 3 rings (SSSR count). The van der Waals surface area contributed by atoms with Crippen LogP contribution in [0.1, 0.15) is 41.3 Å². The maximum absolute atomic E-state index is 11.9. The van der Waals surface area contributed by atoms with Crippen molar-refractivity contribution in [2.75, 3.05) is 0 Å². The van der Waals surface area contributed by atoms with E-state index in [1.807, 2.05) is 24.4 Å². The first-order valence-electron chi connectivity index (χ1n) is 7.70. The fourth-order valence-corrected chi connectivity index (χ4v) is 3.48. The molecule has 114 valence electrons. The van der Waals surface area contributed by atoms with Crippen LogP contribution < -0.4 is 5.43 Å². The van der Waals surface area contributed by atoms with E-state index in [4.69, 9.17) is 0 Å². The lowest BCUT2D eigenvalue weighted by Crippen LogP contribution is -2.21. The first-order valence-corrected chi connectivity index (χ1v) is 8.58. The summed E-state index contributed by atoms with van der Waals surface area (Å²) in [5.74, 6) is -0.0697. The van der Waals surface area contributed by atoms with E-state index < -0.39 is 0 Å². The van der Waals surface area contributed by atoms with Crippen LogP contribution in [0.4, 0.5) is 0 Å². The minimum atomic E-state index is -0.0697. The number of nitrogens with one attached hydrogen (secondary N) is 1. The zero-order valence-corrected chi connectivity index (χ0v) is 13.6. The van der Waals surface area contributed by atoms with Gasteiger partial charge in [0.25, 0.3) is 0 Å². The molecule has 0 fully saturated rings. The van der Waals surface area contributed by atoms with E-state index in [0.29, 0.717) is 6.42 Å². The number of fused-ring (bicyclic) bond motifs is 1. The highest BCUT2D eigenvalue weighted by molar-refractivity contribution is 7.10. The number of aryl methyl sites for hydroxylation is 2. The first kappa shape index (κ1) is 15.0. The number of carbonyl (C=O) groups excluding carboxylic acids is 1. The average Bonchev–Trinajstić information content (AvgIpc) is 3.05. The van der Waals surface area contributed by atoms with E-state index in [1.54, 1.807) is 11.3 Å². The topological polar surface area (TPSA) is 41.5 Å². The monoisotopic (exact) mass is 312 g/mol. The Hall–Kier alpha value is -1.94. The number of benzene rings is 1. The molecule has 1 amide bonds. The van der Waals surface area contributed by atoms with Gasteiger partial charge < -0.3 is 0 Å². The van der Waals surface area contributed by atoms with Crippen LogP contribution in [-0.4, -0.2) is 11.6 Å². The molecule has 1 aromatic carbocycles. The Morgan fingerprint density at radius 3 is 2.82 bits per heavy atom. The van der Waals surface area contributed by atoms with Crippen molar-refractivity contribution in [3.8, 4) is 0 Å². The van der Waals surface area contributed by atoms with Gasteiger partial charge in [-0.3, -0.25) is 4.79 Å². The summed E-state index contributed by atoms with van der Waals surface area (Å²) in [5, 5.41) is 6.22. The smallest absolute Gasteiger partial charge is 0.245 e. The van der Waals surface area contributed by atoms with Gasteiger partial charge in [-0.15, -0.1) is 11.3 Å². The van der Waals surface area contributed by atoms with Crippen LogP contribution in [0.25, 0.3) is 0 Å². The van der Waals surface area contributed by atoms with Crippen LogP contribution in [0.3, 0.4) is 0 Å². The highest BCUT2D eigenvalue weighted by Gasteiger charge is 2.10. The molecule has 3 nitrogen and oxygen atoms in total. The summed E-state index contributed by atoms with van der Waals surface area (Å²) in [7, 11) is 0. The van der Waals surface area contributed by atoms with E-state index in [9.17, 15) is 4.79 Å². The number of amides is 1.